The van der Waals surface area contributed by atoms with E-state index in [2.05, 4.69) is 32.7 Å². The molecule has 52 heavy (non-hydrogen) atoms. The maximum absolute atomic E-state index is 7.50. The molecule has 0 aromatic carbocycles. The Morgan fingerprint density at radius 1 is 0.385 bits per heavy atom. The van der Waals surface area contributed by atoms with Gasteiger partial charge in [-0.1, -0.05) is 0 Å². The van der Waals surface area contributed by atoms with Gasteiger partial charge in [-0.15, -0.1) is 0 Å². The lowest BCUT2D eigenvalue weighted by Crippen LogP contribution is -2.67. The molecule has 23 heteroatoms. The molecule has 0 aromatic rings. The van der Waals surface area contributed by atoms with Gasteiger partial charge in [-0.2, -0.15) is 35.3 Å². The molecule has 0 amide bonds. The Kier molecular flexibility index (Phi) is 25.5. The maximum atomic E-state index is 7.50. The van der Waals surface area contributed by atoms with Crippen molar-refractivity contribution in [3.8, 4) is 0 Å². The van der Waals surface area contributed by atoms with Gasteiger partial charge < -0.3 is 56.3 Å². The van der Waals surface area contributed by atoms with Crippen LogP contribution in [0, 0.1) is 0 Å². The lowest BCUT2D eigenvalue weighted by atomic mass is 10.6. The first-order valence-corrected chi connectivity index (χ1v) is 37.6. The van der Waals surface area contributed by atoms with Crippen LogP contribution in [0.2, 0.25) is 69.0 Å². The quantitative estimate of drug-likeness (QED) is 0.0544. The Bertz CT molecular complexity index is 902. The van der Waals surface area contributed by atoms with Crippen LogP contribution in [0.5, 0.6) is 0 Å². The number of hydrogen-bond donors (Lipinski definition) is 0. The molecule has 0 spiro atoms. The number of thioether (sulfide) groups is 3. The highest BCUT2D eigenvalue weighted by Gasteiger charge is 2.55. The first-order valence-electron chi connectivity index (χ1n) is 18.0. The Hall–Kier alpha value is 2.05. The molecule has 1 aliphatic rings. The second kappa shape index (κ2) is 25.5. The minimum absolute atomic E-state index is 0.782. The van der Waals surface area contributed by atoms with Gasteiger partial charge in [0.15, 0.2) is 0 Å². The highest BCUT2D eigenvalue weighted by molar-refractivity contribution is 7.99. The molecule has 0 bridgehead atoms. The minimum Gasteiger partial charge on any atom is -0.416 e. The molecule has 1 atom stereocenters. The summed E-state index contributed by atoms with van der Waals surface area (Å²) < 4.78 is 79.4. The average molecular weight is 922 g/mol. The number of rotatable bonds is 30. The average Bonchev–Trinajstić information content (AvgIpc) is 3.10. The zero-order valence-corrected chi connectivity index (χ0v) is 44.1. The van der Waals surface area contributed by atoms with E-state index >= 15 is 0 Å². The molecular formula is C29H72O13S3Si7. The van der Waals surface area contributed by atoms with Crippen molar-refractivity contribution in [1.82, 2.24) is 0 Å². The van der Waals surface area contributed by atoms with Gasteiger partial charge in [-0.05, 0) is 105 Å². The van der Waals surface area contributed by atoms with Crippen LogP contribution >= 0.6 is 35.3 Å². The van der Waals surface area contributed by atoms with E-state index in [1.807, 2.05) is 35.3 Å². The predicted molar refractivity (Wildman–Crippen MR) is 232 cm³/mol. The molecule has 1 unspecified atom stereocenters. The first kappa shape index (κ1) is 52.1. The monoisotopic (exact) mass is 920 g/mol. The van der Waals surface area contributed by atoms with Gasteiger partial charge in [-0.25, -0.2) is 0 Å². The van der Waals surface area contributed by atoms with Crippen molar-refractivity contribution in [2.45, 2.75) is 88.3 Å². The van der Waals surface area contributed by atoms with Gasteiger partial charge in [0.1, 0.15) is 0 Å². The van der Waals surface area contributed by atoms with Gasteiger partial charge in [-0.3, -0.25) is 0 Å². The second-order valence-corrected chi connectivity index (χ2v) is 40.9. The van der Waals surface area contributed by atoms with Crippen molar-refractivity contribution in [2.24, 2.45) is 0 Å². The Labute approximate surface area is 337 Å². The molecule has 0 radical (unpaired) electrons. The predicted octanol–water partition coefficient (Wildman–Crippen LogP) is 6.99. The third-order valence-corrected chi connectivity index (χ3v) is 39.1. The first-order chi connectivity index (χ1) is 24.5. The summed E-state index contributed by atoms with van der Waals surface area (Å²) in [7, 11) is -3.27. The van der Waals surface area contributed by atoms with Crippen LogP contribution in [0.1, 0.15) is 19.3 Å². The normalized spacial score (nSPS) is 20.9. The third-order valence-electron chi connectivity index (χ3n) is 8.86. The summed E-state index contributed by atoms with van der Waals surface area (Å²) in [6.07, 6.45) is 2.86. The highest BCUT2D eigenvalue weighted by atomic mass is 32.2. The van der Waals surface area contributed by atoms with Gasteiger partial charge in [0.25, 0.3) is 0 Å². The van der Waals surface area contributed by atoms with Gasteiger partial charge >= 0.3 is 60.7 Å². The smallest absolute Gasteiger partial charge is 0.416 e. The van der Waals surface area contributed by atoms with E-state index in [1.54, 1.807) is 64.0 Å². The second-order valence-electron chi connectivity index (χ2n) is 13.5. The standard InChI is InChI=1S/C29H72O13S3Si7/c1-30-50(31-2,32-3)24-15-18-43-21-27-48(14)40-46(10,11)39-47(12,13)41-49(42-48,28-22-44-19-16-25-51(33-4,34-5)35-6)29-23-45-20-17-26-52(36-7,37-8)38-9/h15-29H2,1-14H3. The SMILES string of the molecule is CO[Si](CCCSCC[Si]1(C)O[Si](C)(C)O[Si](C)(C)O[Si](CCSCCC[Si](OC)(OC)OC)(CCSCCC[Si](OC)(OC)OC)O1)(OC)OC. The molecule has 0 aliphatic carbocycles. The fourth-order valence-electron chi connectivity index (χ4n) is 6.33. The highest BCUT2D eigenvalue weighted by Crippen LogP contribution is 2.38. The molecule has 0 saturated carbocycles. The molecule has 13 nitrogen and oxygen atoms in total. The van der Waals surface area contributed by atoms with E-state index < -0.39 is 60.7 Å². The summed E-state index contributed by atoms with van der Waals surface area (Å²) >= 11 is 5.79. The molecule has 1 aliphatic heterocycles. The molecule has 0 N–H and O–H groups in total. The summed E-state index contributed by atoms with van der Waals surface area (Å²) in [4.78, 5) is 0. The zero-order chi connectivity index (χ0) is 39.4. The minimum atomic E-state index is -2.78. The molecule has 1 saturated heterocycles. The molecular weight excluding hydrogens is 849 g/mol. The van der Waals surface area contributed by atoms with E-state index in [0.29, 0.717) is 0 Å². The fraction of sp³-hybridized carbons (Fsp3) is 1.00. The van der Waals surface area contributed by atoms with Crippen molar-refractivity contribution in [3.63, 3.8) is 0 Å². The summed E-state index contributed by atoms with van der Waals surface area (Å²) in [5.41, 5.74) is 0. The zero-order valence-electron chi connectivity index (χ0n) is 34.6. The van der Waals surface area contributed by atoms with E-state index in [1.165, 1.54) is 0 Å². The topological polar surface area (TPSA) is 120 Å². The molecule has 312 valence electrons. The fourth-order valence-corrected chi connectivity index (χ4v) is 40.1. The molecule has 1 rings (SSSR count). The van der Waals surface area contributed by atoms with Crippen molar-refractivity contribution < 1.29 is 56.3 Å². The van der Waals surface area contributed by atoms with E-state index in [4.69, 9.17) is 56.3 Å². The summed E-state index contributed by atoms with van der Waals surface area (Å²) in [6.45, 7) is 10.9. The van der Waals surface area contributed by atoms with Crippen LogP contribution in [0.4, 0.5) is 0 Å². The third kappa shape index (κ3) is 18.3. The number of hydrogen-bond acceptors (Lipinski definition) is 16. The van der Waals surface area contributed by atoms with Gasteiger partial charge in [0.2, 0.25) is 0 Å². The van der Waals surface area contributed by atoms with E-state index in [-0.39, 0.29) is 0 Å². The van der Waals surface area contributed by atoms with Crippen molar-refractivity contribution in [3.05, 3.63) is 0 Å². The van der Waals surface area contributed by atoms with Crippen LogP contribution in [0.15, 0.2) is 0 Å². The van der Waals surface area contributed by atoms with Crippen molar-refractivity contribution in [2.75, 3.05) is 98.5 Å². The summed E-state index contributed by atoms with van der Waals surface area (Å²) in [5.74, 6) is 5.77. The lowest BCUT2D eigenvalue weighted by molar-refractivity contribution is 0.123. The van der Waals surface area contributed by atoms with Crippen LogP contribution in [-0.2, 0) is 56.3 Å². The largest absolute Gasteiger partial charge is 0.500 e. The molecule has 1 fully saturated rings. The van der Waals surface area contributed by atoms with Crippen LogP contribution in [-0.4, -0.2) is 159 Å². The van der Waals surface area contributed by atoms with Crippen LogP contribution in [0.25, 0.3) is 0 Å². The van der Waals surface area contributed by atoms with Gasteiger partial charge in [0, 0.05) is 82.1 Å². The lowest BCUT2D eigenvalue weighted by Gasteiger charge is -2.49. The van der Waals surface area contributed by atoms with Crippen molar-refractivity contribution >= 4 is 95.9 Å². The van der Waals surface area contributed by atoms with Crippen molar-refractivity contribution in [1.29, 1.82) is 0 Å². The molecule has 1 heterocycles. The Morgan fingerprint density at radius 3 is 1.02 bits per heavy atom. The van der Waals surface area contributed by atoms with E-state index in [9.17, 15) is 0 Å². The Balaban J connectivity index is 3.12. The summed E-state index contributed by atoms with van der Waals surface area (Å²) in [5, 5.41) is 0. The van der Waals surface area contributed by atoms with Crippen LogP contribution < -0.4 is 0 Å². The van der Waals surface area contributed by atoms with E-state index in [0.717, 1.165) is 90.0 Å². The Morgan fingerprint density at radius 2 is 0.692 bits per heavy atom. The maximum Gasteiger partial charge on any atom is 0.500 e. The molecule has 0 aromatic heterocycles. The summed E-state index contributed by atoms with van der Waals surface area (Å²) in [6, 6.07) is 4.98. The van der Waals surface area contributed by atoms with Crippen LogP contribution in [0.3, 0.4) is 0 Å². The van der Waals surface area contributed by atoms with Gasteiger partial charge in [0.05, 0.1) is 0 Å².